The van der Waals surface area contributed by atoms with Crippen LogP contribution in [0.1, 0.15) is 99.7 Å². The van der Waals surface area contributed by atoms with Crippen molar-refractivity contribution < 1.29 is 0 Å². The van der Waals surface area contributed by atoms with E-state index >= 15 is 0 Å². The molecule has 0 amide bonds. The molecule has 0 aromatic carbocycles. The Morgan fingerprint density at radius 2 is 1.58 bits per heavy atom. The lowest BCUT2D eigenvalue weighted by atomic mass is 9.41. The molecule has 6 aliphatic rings. The van der Waals surface area contributed by atoms with E-state index < -0.39 is 0 Å². The van der Waals surface area contributed by atoms with Gasteiger partial charge in [-0.2, -0.15) is 0 Å². The van der Waals surface area contributed by atoms with Crippen LogP contribution in [0, 0.1) is 38.9 Å². The average Bonchev–Trinajstić information content (AvgIpc) is 3.11. The Morgan fingerprint density at radius 1 is 0.939 bits per heavy atom. The lowest BCUT2D eigenvalue weighted by molar-refractivity contribution is -0.0653. The number of nitrogens with zero attached hydrogens (tertiary/aromatic N) is 3. The van der Waals surface area contributed by atoms with Gasteiger partial charge in [0.1, 0.15) is 0 Å². The molecule has 7 atom stereocenters. The van der Waals surface area contributed by atoms with Crippen LogP contribution in [-0.2, 0) is 0 Å². The molecule has 0 N–H and O–H groups in total. The number of aromatic nitrogens is 3. The van der Waals surface area contributed by atoms with E-state index in [4.69, 9.17) is 0 Å². The van der Waals surface area contributed by atoms with Gasteiger partial charge in [-0.3, -0.25) is 0 Å². The third kappa shape index (κ3) is 2.13. The first-order valence-electron chi connectivity index (χ1n) is 13.0. The van der Waals surface area contributed by atoms with Crippen LogP contribution in [0.15, 0.2) is 33.4 Å². The normalized spacial score (nSPS) is 42.2. The third-order valence-electron chi connectivity index (χ3n) is 11.4. The van der Waals surface area contributed by atoms with Crippen LogP contribution in [-0.4, -0.2) is 13.9 Å². The SMILES string of the molecule is CC(C)(C)C1=C[C@@]2(C(C)(C)C)[C@H]1[C@H]1C=C[C@H]2n2c(=O)n([C@@H]3C[C@@H]4CC[C@]3(C)C4(C)C)c(=O)n21. The van der Waals surface area contributed by atoms with E-state index in [0.717, 1.165) is 12.8 Å². The van der Waals surface area contributed by atoms with Crippen LogP contribution in [0.4, 0.5) is 0 Å². The van der Waals surface area contributed by atoms with Crippen molar-refractivity contribution in [1.82, 2.24) is 13.9 Å². The van der Waals surface area contributed by atoms with E-state index in [1.54, 1.807) is 4.57 Å². The molecule has 1 aromatic heterocycles. The fourth-order valence-corrected chi connectivity index (χ4v) is 8.97. The minimum atomic E-state index is -0.144. The fraction of sp³-hybridized carbons (Fsp3) is 0.786. The lowest BCUT2D eigenvalue weighted by Crippen LogP contribution is -2.64. The van der Waals surface area contributed by atoms with Crippen molar-refractivity contribution in [2.45, 2.75) is 99.7 Å². The zero-order valence-corrected chi connectivity index (χ0v) is 21.9. The Bertz CT molecular complexity index is 1240. The summed E-state index contributed by atoms with van der Waals surface area (Å²) in [6.45, 7) is 20.7. The zero-order chi connectivity index (χ0) is 24.1. The average molecular weight is 452 g/mol. The van der Waals surface area contributed by atoms with E-state index in [2.05, 4.69) is 80.5 Å². The Balaban J connectivity index is 1.57. The summed E-state index contributed by atoms with van der Waals surface area (Å²) in [4.78, 5) is 28.2. The molecule has 0 saturated heterocycles. The van der Waals surface area contributed by atoms with Gasteiger partial charge in [0, 0.05) is 17.4 Å². The number of hydrogen-bond donors (Lipinski definition) is 0. The minimum absolute atomic E-state index is 0.00506. The van der Waals surface area contributed by atoms with E-state index in [0.29, 0.717) is 5.92 Å². The number of fused-ring (bicyclic) bond motifs is 2. The van der Waals surface area contributed by atoms with Crippen molar-refractivity contribution in [2.75, 3.05) is 0 Å². The Labute approximate surface area is 197 Å². The largest absolute Gasteiger partial charge is 0.348 e. The Kier molecular flexibility index (Phi) is 3.76. The van der Waals surface area contributed by atoms with E-state index in [-0.39, 0.29) is 62.5 Å². The Hall–Kier alpha value is -1.78. The molecule has 5 nitrogen and oxygen atoms in total. The molecule has 2 fully saturated rings. The molecule has 0 unspecified atom stereocenters. The summed E-state index contributed by atoms with van der Waals surface area (Å²) < 4.78 is 5.39. The molecule has 2 saturated carbocycles. The van der Waals surface area contributed by atoms with Crippen molar-refractivity contribution in [1.29, 1.82) is 0 Å². The second kappa shape index (κ2) is 5.71. The molecule has 0 radical (unpaired) electrons. The molecule has 4 bridgehead atoms. The number of hydrogen-bond acceptors (Lipinski definition) is 2. The standard InChI is InChI=1S/C28H41N3O2/c1-24(2,3)17-15-28(25(4,5)6)19-11-10-18(21(17)28)30-22(32)29(23(33)31(19)30)20-14-16-12-13-27(20,9)26(16,7)8/h10-11,15-16,18-21H,12-14H2,1-9H3/t16-,18+,19+,20+,21+,27-,28-/m0/s1. The van der Waals surface area contributed by atoms with Gasteiger partial charge < -0.3 is 0 Å². The highest BCUT2D eigenvalue weighted by Crippen LogP contribution is 2.72. The van der Waals surface area contributed by atoms with Gasteiger partial charge in [0.2, 0.25) is 0 Å². The second-order valence-electron chi connectivity index (χ2n) is 14.6. The van der Waals surface area contributed by atoms with Crippen LogP contribution in [0.25, 0.3) is 0 Å². The van der Waals surface area contributed by atoms with Crippen LogP contribution in [0.2, 0.25) is 0 Å². The highest BCUT2D eigenvalue weighted by molar-refractivity contribution is 5.44. The van der Waals surface area contributed by atoms with Crippen molar-refractivity contribution in [2.24, 2.45) is 38.9 Å². The maximum absolute atomic E-state index is 14.1. The van der Waals surface area contributed by atoms with Crippen LogP contribution < -0.4 is 11.4 Å². The maximum Gasteiger partial charge on any atom is 0.348 e. The molecule has 1 aromatic rings. The molecule has 0 spiro atoms. The van der Waals surface area contributed by atoms with Crippen LogP contribution in [0.5, 0.6) is 0 Å². The van der Waals surface area contributed by atoms with Gasteiger partial charge in [-0.1, -0.05) is 86.1 Å². The molecule has 33 heavy (non-hydrogen) atoms. The van der Waals surface area contributed by atoms with Gasteiger partial charge in [0.05, 0.1) is 12.1 Å². The first-order valence-corrected chi connectivity index (χ1v) is 13.0. The Morgan fingerprint density at radius 3 is 2.09 bits per heavy atom. The third-order valence-corrected chi connectivity index (χ3v) is 11.4. The quantitative estimate of drug-likeness (QED) is 0.530. The van der Waals surface area contributed by atoms with Crippen molar-refractivity contribution in [3.05, 3.63) is 44.8 Å². The second-order valence-corrected chi connectivity index (χ2v) is 14.6. The van der Waals surface area contributed by atoms with Crippen LogP contribution in [0.3, 0.4) is 0 Å². The van der Waals surface area contributed by atoms with E-state index in [1.807, 2.05) is 9.36 Å². The number of rotatable bonds is 1. The molecule has 3 heterocycles. The molecule has 7 rings (SSSR count). The highest BCUT2D eigenvalue weighted by atomic mass is 16.2. The van der Waals surface area contributed by atoms with Gasteiger partial charge in [-0.15, -0.1) is 0 Å². The molecule has 180 valence electrons. The summed E-state index contributed by atoms with van der Waals surface area (Å²) in [6, 6.07) is -0.205. The predicted molar refractivity (Wildman–Crippen MR) is 131 cm³/mol. The highest BCUT2D eigenvalue weighted by Gasteiger charge is 2.68. The topological polar surface area (TPSA) is 48.9 Å². The van der Waals surface area contributed by atoms with Gasteiger partial charge in [0.15, 0.2) is 0 Å². The van der Waals surface area contributed by atoms with Gasteiger partial charge in [-0.05, 0) is 46.8 Å². The first-order chi connectivity index (χ1) is 15.1. The zero-order valence-electron chi connectivity index (χ0n) is 21.9. The first kappa shape index (κ1) is 21.7. The molecule has 4 aliphatic carbocycles. The summed E-state index contributed by atoms with van der Waals surface area (Å²) in [6.07, 6.45) is 10.2. The summed E-state index contributed by atoms with van der Waals surface area (Å²) in [5.41, 5.74) is 1.28. The summed E-state index contributed by atoms with van der Waals surface area (Å²) >= 11 is 0. The maximum atomic E-state index is 14.1. The minimum Gasteiger partial charge on any atom is -0.246 e. The van der Waals surface area contributed by atoms with Crippen molar-refractivity contribution in [3.8, 4) is 0 Å². The van der Waals surface area contributed by atoms with Gasteiger partial charge >= 0.3 is 11.4 Å². The summed E-state index contributed by atoms with van der Waals surface area (Å²) in [7, 11) is 0. The summed E-state index contributed by atoms with van der Waals surface area (Å²) in [5.74, 6) is 0.842. The monoisotopic (exact) mass is 451 g/mol. The lowest BCUT2D eigenvalue weighted by Gasteiger charge is -2.66. The molecule has 2 aliphatic heterocycles. The smallest absolute Gasteiger partial charge is 0.246 e. The summed E-state index contributed by atoms with van der Waals surface area (Å²) in [5, 5.41) is 0. The van der Waals surface area contributed by atoms with E-state index in [9.17, 15) is 9.59 Å². The molecule has 5 heteroatoms. The molecular weight excluding hydrogens is 410 g/mol. The van der Waals surface area contributed by atoms with Gasteiger partial charge in [0.25, 0.3) is 0 Å². The van der Waals surface area contributed by atoms with Crippen LogP contribution >= 0.6 is 0 Å². The van der Waals surface area contributed by atoms with Crippen molar-refractivity contribution >= 4 is 0 Å². The fourth-order valence-electron chi connectivity index (χ4n) is 8.97. The number of allylic oxidation sites excluding steroid dienone is 4. The molecular formula is C28H41N3O2. The van der Waals surface area contributed by atoms with Gasteiger partial charge in [-0.25, -0.2) is 23.5 Å². The van der Waals surface area contributed by atoms with E-state index in [1.165, 1.54) is 12.0 Å². The van der Waals surface area contributed by atoms with Crippen molar-refractivity contribution in [3.63, 3.8) is 0 Å². The predicted octanol–water partition coefficient (Wildman–Crippen LogP) is 5.50.